The minimum Gasteiger partial charge on any atom is -0.340 e. The van der Waals surface area contributed by atoms with E-state index in [1.54, 1.807) is 12.1 Å². The maximum absolute atomic E-state index is 12.7. The fraction of sp³-hybridized carbons (Fsp3) is 0.250. The molecule has 0 saturated carbocycles. The Balaban J connectivity index is 2.49. The van der Waals surface area contributed by atoms with Gasteiger partial charge in [-0.3, -0.25) is 4.79 Å². The second kappa shape index (κ2) is 7.06. The Morgan fingerprint density at radius 3 is 2.52 bits per heavy atom. The second-order valence-corrected chi connectivity index (χ2v) is 6.42. The molecule has 0 aliphatic heterocycles. The maximum Gasteiger partial charge on any atom is 0.210 e. The molecule has 2 rings (SSSR count). The molecule has 5 heteroatoms. The molecule has 0 saturated heterocycles. The number of ketones is 1. The smallest absolute Gasteiger partial charge is 0.210 e. The van der Waals surface area contributed by atoms with E-state index in [1.807, 2.05) is 22.8 Å². The van der Waals surface area contributed by atoms with Gasteiger partial charge in [-0.25, -0.2) is 0 Å². The first-order valence-corrected chi connectivity index (χ1v) is 8.22. The first kappa shape index (κ1) is 16.0. The van der Waals surface area contributed by atoms with Crippen LogP contribution in [0.25, 0.3) is 0 Å². The minimum atomic E-state index is -0.0352. The molecule has 0 radical (unpaired) electrons. The van der Waals surface area contributed by atoms with Crippen molar-refractivity contribution in [3.63, 3.8) is 0 Å². The molecule has 21 heavy (non-hydrogen) atoms. The van der Waals surface area contributed by atoms with Gasteiger partial charge in [0.25, 0.3) is 0 Å². The van der Waals surface area contributed by atoms with Crippen molar-refractivity contribution in [2.75, 3.05) is 0 Å². The Hall–Kier alpha value is -1.38. The highest BCUT2D eigenvalue weighted by Crippen LogP contribution is 2.26. The molecule has 0 aliphatic rings. The number of nitriles is 1. The Bertz CT molecular complexity index is 696. The molecule has 0 atom stereocenters. The summed E-state index contributed by atoms with van der Waals surface area (Å²) in [7, 11) is 0. The number of nitrogens with zero attached hydrogens (tertiary/aromatic N) is 2. The van der Waals surface area contributed by atoms with Gasteiger partial charge in [-0.05, 0) is 52.7 Å². The monoisotopic (exact) mass is 408 g/mol. The summed E-state index contributed by atoms with van der Waals surface area (Å²) in [5, 5.41) is 8.93. The van der Waals surface area contributed by atoms with Crippen molar-refractivity contribution in [3.8, 4) is 6.07 Å². The van der Waals surface area contributed by atoms with E-state index in [2.05, 4.69) is 44.9 Å². The van der Waals surface area contributed by atoms with Gasteiger partial charge in [0, 0.05) is 26.7 Å². The normalized spacial score (nSPS) is 10.4. The third-order valence-corrected chi connectivity index (χ3v) is 4.30. The number of hydrogen-bond donors (Lipinski definition) is 0. The number of benzene rings is 1. The van der Waals surface area contributed by atoms with Gasteiger partial charge in [0.1, 0.15) is 5.69 Å². The van der Waals surface area contributed by atoms with Crippen LogP contribution >= 0.6 is 31.9 Å². The average Bonchev–Trinajstić information content (AvgIpc) is 2.76. The maximum atomic E-state index is 12.7. The lowest BCUT2D eigenvalue weighted by molar-refractivity contribution is 0.102. The molecule has 0 N–H and O–H groups in total. The summed E-state index contributed by atoms with van der Waals surface area (Å²) in [6.07, 6.45) is 1.20. The molecule has 0 aliphatic carbocycles. The molecular weight excluding hydrogens is 396 g/mol. The highest BCUT2D eigenvalue weighted by atomic mass is 79.9. The van der Waals surface area contributed by atoms with Crippen LogP contribution in [0.1, 0.15) is 35.1 Å². The standard InChI is InChI=1S/C16H14Br2N2O/c1-2-9-20-13(7-8-19)10-14(18)15(20)16(21)11-3-5-12(17)6-4-11/h3-6,10H,2,7,9H2,1H3. The Labute approximate surface area is 140 Å². The second-order valence-electron chi connectivity index (χ2n) is 4.65. The van der Waals surface area contributed by atoms with E-state index in [4.69, 9.17) is 5.26 Å². The number of carbonyl (C=O) groups is 1. The van der Waals surface area contributed by atoms with Crippen LogP contribution in [0.4, 0.5) is 0 Å². The molecule has 0 amide bonds. The molecule has 0 unspecified atom stereocenters. The van der Waals surface area contributed by atoms with Gasteiger partial charge in [0.05, 0.1) is 12.5 Å². The fourth-order valence-corrected chi connectivity index (χ4v) is 3.16. The van der Waals surface area contributed by atoms with E-state index in [0.717, 1.165) is 27.6 Å². The van der Waals surface area contributed by atoms with Crippen LogP contribution in [0.5, 0.6) is 0 Å². The number of hydrogen-bond acceptors (Lipinski definition) is 2. The van der Waals surface area contributed by atoms with Crippen LogP contribution in [-0.2, 0) is 13.0 Å². The van der Waals surface area contributed by atoms with Crippen molar-refractivity contribution >= 4 is 37.6 Å². The summed E-state index contributed by atoms with van der Waals surface area (Å²) in [4.78, 5) is 12.7. The van der Waals surface area contributed by atoms with Crippen LogP contribution in [0.2, 0.25) is 0 Å². The molecular formula is C16H14Br2N2O. The van der Waals surface area contributed by atoms with Crippen molar-refractivity contribution in [1.82, 2.24) is 4.57 Å². The van der Waals surface area contributed by atoms with E-state index in [9.17, 15) is 4.79 Å². The van der Waals surface area contributed by atoms with Crippen molar-refractivity contribution < 1.29 is 4.79 Å². The molecule has 0 bridgehead atoms. The van der Waals surface area contributed by atoms with Gasteiger partial charge in [0.2, 0.25) is 5.78 Å². The molecule has 3 nitrogen and oxygen atoms in total. The van der Waals surface area contributed by atoms with Gasteiger partial charge in [0.15, 0.2) is 0 Å². The Kier molecular flexibility index (Phi) is 5.38. The highest BCUT2D eigenvalue weighted by Gasteiger charge is 2.20. The lowest BCUT2D eigenvalue weighted by Gasteiger charge is -2.11. The van der Waals surface area contributed by atoms with E-state index in [0.29, 0.717) is 17.7 Å². The fourth-order valence-electron chi connectivity index (χ4n) is 2.24. The van der Waals surface area contributed by atoms with E-state index >= 15 is 0 Å². The molecule has 1 aromatic heterocycles. The predicted molar refractivity (Wildman–Crippen MR) is 89.3 cm³/mol. The lowest BCUT2D eigenvalue weighted by Crippen LogP contribution is -2.13. The zero-order valence-electron chi connectivity index (χ0n) is 11.6. The van der Waals surface area contributed by atoms with Gasteiger partial charge in [-0.1, -0.05) is 22.9 Å². The van der Waals surface area contributed by atoms with Gasteiger partial charge in [-0.2, -0.15) is 5.26 Å². The first-order valence-electron chi connectivity index (χ1n) is 6.63. The number of aromatic nitrogens is 1. The molecule has 1 heterocycles. The summed E-state index contributed by atoms with van der Waals surface area (Å²) in [6.45, 7) is 2.78. The van der Waals surface area contributed by atoms with Crippen LogP contribution in [0.3, 0.4) is 0 Å². The summed E-state index contributed by atoms with van der Waals surface area (Å²) >= 11 is 6.83. The number of carbonyl (C=O) groups excluding carboxylic acids is 1. The molecule has 0 fully saturated rings. The minimum absolute atomic E-state index is 0.0352. The van der Waals surface area contributed by atoms with Crippen LogP contribution in [-0.4, -0.2) is 10.4 Å². The topological polar surface area (TPSA) is 45.8 Å². The quantitative estimate of drug-likeness (QED) is 0.670. The Morgan fingerprint density at radius 1 is 1.29 bits per heavy atom. The van der Waals surface area contributed by atoms with Crippen molar-refractivity contribution in [2.24, 2.45) is 0 Å². The Morgan fingerprint density at radius 2 is 1.95 bits per heavy atom. The largest absolute Gasteiger partial charge is 0.340 e. The molecule has 108 valence electrons. The summed E-state index contributed by atoms with van der Waals surface area (Å²) < 4.78 is 3.62. The predicted octanol–water partition coefficient (Wildman–Crippen LogP) is 4.72. The zero-order valence-corrected chi connectivity index (χ0v) is 14.7. The van der Waals surface area contributed by atoms with Crippen LogP contribution < -0.4 is 0 Å². The average molecular weight is 410 g/mol. The highest BCUT2D eigenvalue weighted by molar-refractivity contribution is 9.10. The third kappa shape index (κ3) is 3.45. The SMILES string of the molecule is CCCn1c(CC#N)cc(Br)c1C(=O)c1ccc(Br)cc1. The lowest BCUT2D eigenvalue weighted by atomic mass is 10.1. The van der Waals surface area contributed by atoms with Crippen LogP contribution in [0, 0.1) is 11.3 Å². The van der Waals surface area contributed by atoms with Gasteiger partial charge in [-0.15, -0.1) is 0 Å². The van der Waals surface area contributed by atoms with Crippen molar-refractivity contribution in [1.29, 1.82) is 5.26 Å². The van der Waals surface area contributed by atoms with Crippen molar-refractivity contribution in [3.05, 3.63) is 56.2 Å². The molecule has 1 aromatic carbocycles. The molecule has 2 aromatic rings. The van der Waals surface area contributed by atoms with Crippen molar-refractivity contribution in [2.45, 2.75) is 26.3 Å². The summed E-state index contributed by atoms with van der Waals surface area (Å²) in [5.74, 6) is -0.0352. The summed E-state index contributed by atoms with van der Waals surface area (Å²) in [6, 6.07) is 11.3. The molecule has 0 spiro atoms. The zero-order chi connectivity index (χ0) is 15.4. The third-order valence-electron chi connectivity index (χ3n) is 3.17. The van der Waals surface area contributed by atoms with E-state index < -0.39 is 0 Å². The van der Waals surface area contributed by atoms with Gasteiger partial charge >= 0.3 is 0 Å². The van der Waals surface area contributed by atoms with E-state index in [1.165, 1.54) is 0 Å². The van der Waals surface area contributed by atoms with Gasteiger partial charge < -0.3 is 4.57 Å². The van der Waals surface area contributed by atoms with E-state index in [-0.39, 0.29) is 5.78 Å². The van der Waals surface area contributed by atoms with Crippen LogP contribution in [0.15, 0.2) is 39.3 Å². The number of rotatable bonds is 5. The first-order chi connectivity index (χ1) is 10.1. The number of halogens is 2. The summed E-state index contributed by atoms with van der Waals surface area (Å²) in [5.41, 5.74) is 2.12.